The van der Waals surface area contributed by atoms with Crippen LogP contribution in [0, 0.1) is 16.7 Å². The zero-order valence-electron chi connectivity index (χ0n) is 11.2. The molecule has 1 aliphatic rings. The minimum absolute atomic E-state index is 0.382. The Bertz CT molecular complexity index is 430. The number of rotatable bonds is 3. The monoisotopic (exact) mass is 244 g/mol. The molecule has 0 N–H and O–H groups in total. The zero-order valence-corrected chi connectivity index (χ0v) is 11.2. The fraction of sp³-hybridized carbons (Fsp3) is 0.643. The number of nitriles is 1. The van der Waals surface area contributed by atoms with Crippen molar-refractivity contribution in [2.75, 3.05) is 18.0 Å². The van der Waals surface area contributed by atoms with Gasteiger partial charge in [-0.05, 0) is 24.7 Å². The van der Waals surface area contributed by atoms with E-state index >= 15 is 0 Å². The van der Waals surface area contributed by atoms with E-state index in [1.54, 1.807) is 12.4 Å². The van der Waals surface area contributed by atoms with Crippen LogP contribution < -0.4 is 4.90 Å². The zero-order chi connectivity index (χ0) is 13.0. The first-order valence-corrected chi connectivity index (χ1v) is 6.64. The molecule has 0 spiro atoms. The highest BCUT2D eigenvalue weighted by atomic mass is 15.2. The van der Waals surface area contributed by atoms with Gasteiger partial charge < -0.3 is 4.90 Å². The lowest BCUT2D eigenvalue weighted by Crippen LogP contribution is -2.42. The fourth-order valence-electron chi connectivity index (χ4n) is 2.86. The van der Waals surface area contributed by atoms with E-state index in [9.17, 15) is 0 Å². The molecular formula is C14H20N4. The molecule has 0 bridgehead atoms. The van der Waals surface area contributed by atoms with Crippen molar-refractivity contribution in [2.45, 2.75) is 39.5 Å². The Morgan fingerprint density at radius 3 is 2.89 bits per heavy atom. The second-order valence-electron chi connectivity index (χ2n) is 5.46. The van der Waals surface area contributed by atoms with Crippen molar-refractivity contribution in [3.8, 4) is 6.07 Å². The number of nitrogens with zero attached hydrogens (tertiary/aromatic N) is 4. The Labute approximate surface area is 109 Å². The maximum atomic E-state index is 8.73. The third-order valence-corrected chi connectivity index (χ3v) is 3.71. The molecule has 0 aromatic carbocycles. The highest BCUT2D eigenvalue weighted by Gasteiger charge is 2.30. The third kappa shape index (κ3) is 2.79. The summed E-state index contributed by atoms with van der Waals surface area (Å²) < 4.78 is 0. The van der Waals surface area contributed by atoms with Gasteiger partial charge in [-0.3, -0.25) is 0 Å². The molecular weight excluding hydrogens is 224 g/mol. The molecule has 0 aliphatic carbocycles. The second-order valence-corrected chi connectivity index (χ2v) is 5.46. The van der Waals surface area contributed by atoms with Gasteiger partial charge in [0.1, 0.15) is 11.9 Å². The normalized spacial score (nSPS) is 23.7. The van der Waals surface area contributed by atoms with E-state index in [1.807, 2.05) is 6.07 Å². The van der Waals surface area contributed by atoms with E-state index in [4.69, 9.17) is 5.26 Å². The topological polar surface area (TPSA) is 52.8 Å². The molecule has 0 radical (unpaired) electrons. The molecule has 2 heterocycles. The van der Waals surface area contributed by atoms with E-state index in [0.29, 0.717) is 11.1 Å². The van der Waals surface area contributed by atoms with Gasteiger partial charge in [-0.25, -0.2) is 9.97 Å². The van der Waals surface area contributed by atoms with Gasteiger partial charge >= 0.3 is 0 Å². The molecule has 1 atom stereocenters. The van der Waals surface area contributed by atoms with Crippen LogP contribution in [0.25, 0.3) is 0 Å². The van der Waals surface area contributed by atoms with Crippen molar-refractivity contribution < 1.29 is 0 Å². The highest BCUT2D eigenvalue weighted by molar-refractivity contribution is 5.38. The summed E-state index contributed by atoms with van der Waals surface area (Å²) in [5.74, 6) is 0.899. The van der Waals surface area contributed by atoms with Crippen LogP contribution in [0.1, 0.15) is 45.2 Å². The van der Waals surface area contributed by atoms with Crippen LogP contribution in [-0.4, -0.2) is 23.1 Å². The van der Waals surface area contributed by atoms with Gasteiger partial charge in [-0.2, -0.15) is 5.26 Å². The Morgan fingerprint density at radius 1 is 1.44 bits per heavy atom. The van der Waals surface area contributed by atoms with Gasteiger partial charge in [0.05, 0.1) is 12.4 Å². The lowest BCUT2D eigenvalue weighted by molar-refractivity contribution is 0.238. The number of aromatic nitrogens is 2. The summed E-state index contributed by atoms with van der Waals surface area (Å²) in [5.41, 5.74) is 0.773. The minimum Gasteiger partial charge on any atom is -0.355 e. The van der Waals surface area contributed by atoms with Crippen molar-refractivity contribution in [3.05, 3.63) is 18.1 Å². The summed E-state index contributed by atoms with van der Waals surface area (Å²) >= 11 is 0. The number of hydrogen-bond acceptors (Lipinski definition) is 4. The molecule has 1 aromatic heterocycles. The van der Waals surface area contributed by atoms with E-state index in [2.05, 4.69) is 28.7 Å². The molecule has 1 fully saturated rings. The van der Waals surface area contributed by atoms with Crippen molar-refractivity contribution in [3.63, 3.8) is 0 Å². The van der Waals surface area contributed by atoms with Crippen LogP contribution in [0.2, 0.25) is 0 Å². The Balaban J connectivity index is 2.10. The molecule has 1 saturated heterocycles. The lowest BCUT2D eigenvalue weighted by atomic mass is 9.78. The van der Waals surface area contributed by atoms with Gasteiger partial charge in [0.25, 0.3) is 0 Å². The number of hydrogen-bond donors (Lipinski definition) is 0. The van der Waals surface area contributed by atoms with Gasteiger partial charge in [0.15, 0.2) is 5.69 Å². The molecule has 0 saturated carbocycles. The van der Waals surface area contributed by atoms with Gasteiger partial charge in [-0.1, -0.05) is 20.3 Å². The first kappa shape index (κ1) is 12.8. The number of anilines is 1. The van der Waals surface area contributed by atoms with Gasteiger partial charge in [0.2, 0.25) is 0 Å². The summed E-state index contributed by atoms with van der Waals surface area (Å²) in [5, 5.41) is 8.73. The quantitative estimate of drug-likeness (QED) is 0.820. The maximum Gasteiger partial charge on any atom is 0.158 e. The molecule has 1 unspecified atom stereocenters. The molecule has 2 rings (SSSR count). The molecule has 4 nitrogen and oxygen atoms in total. The Kier molecular flexibility index (Phi) is 3.81. The van der Waals surface area contributed by atoms with E-state index in [1.165, 1.54) is 25.7 Å². The van der Waals surface area contributed by atoms with Crippen LogP contribution in [0.4, 0.5) is 5.82 Å². The first-order valence-electron chi connectivity index (χ1n) is 6.64. The van der Waals surface area contributed by atoms with E-state index in [0.717, 1.165) is 18.9 Å². The van der Waals surface area contributed by atoms with Crippen molar-refractivity contribution >= 4 is 5.82 Å². The van der Waals surface area contributed by atoms with Crippen molar-refractivity contribution in [2.24, 2.45) is 5.41 Å². The maximum absolute atomic E-state index is 8.73. The predicted molar refractivity (Wildman–Crippen MR) is 71.2 cm³/mol. The molecule has 18 heavy (non-hydrogen) atoms. The molecule has 4 heteroatoms. The summed E-state index contributed by atoms with van der Waals surface area (Å²) in [6.07, 6.45) is 8.26. The van der Waals surface area contributed by atoms with Gasteiger partial charge in [0, 0.05) is 13.1 Å². The average Bonchev–Trinajstić information content (AvgIpc) is 2.39. The summed E-state index contributed by atoms with van der Waals surface area (Å²) in [7, 11) is 0. The highest BCUT2D eigenvalue weighted by Crippen LogP contribution is 2.35. The Morgan fingerprint density at radius 2 is 2.28 bits per heavy atom. The molecule has 0 amide bonds. The first-order chi connectivity index (χ1) is 8.67. The van der Waals surface area contributed by atoms with Crippen LogP contribution >= 0.6 is 0 Å². The van der Waals surface area contributed by atoms with Crippen molar-refractivity contribution in [1.29, 1.82) is 5.26 Å². The second kappa shape index (κ2) is 5.34. The smallest absolute Gasteiger partial charge is 0.158 e. The summed E-state index contributed by atoms with van der Waals surface area (Å²) in [6.45, 7) is 6.69. The van der Waals surface area contributed by atoms with Gasteiger partial charge in [-0.15, -0.1) is 0 Å². The number of piperidine rings is 1. The standard InChI is InChI=1S/C14H20N4/c1-3-5-14(2)6-4-7-18(11-14)13-10-16-12(8-15)9-17-13/h9-10H,3-7,11H2,1-2H3. The van der Waals surface area contributed by atoms with Crippen LogP contribution in [0.15, 0.2) is 12.4 Å². The SMILES string of the molecule is CCCC1(C)CCCN(c2cnc(C#N)cn2)C1. The summed E-state index contributed by atoms with van der Waals surface area (Å²) in [6, 6.07) is 2.00. The molecule has 96 valence electrons. The lowest BCUT2D eigenvalue weighted by Gasteiger charge is -2.41. The molecule has 1 aliphatic heterocycles. The van der Waals surface area contributed by atoms with Crippen LogP contribution in [-0.2, 0) is 0 Å². The van der Waals surface area contributed by atoms with Crippen molar-refractivity contribution in [1.82, 2.24) is 9.97 Å². The Hall–Kier alpha value is -1.63. The fourth-order valence-corrected chi connectivity index (χ4v) is 2.86. The van der Waals surface area contributed by atoms with E-state index in [-0.39, 0.29) is 0 Å². The largest absolute Gasteiger partial charge is 0.355 e. The van der Waals surface area contributed by atoms with Crippen LogP contribution in [0.3, 0.4) is 0 Å². The third-order valence-electron chi connectivity index (χ3n) is 3.71. The predicted octanol–water partition coefficient (Wildman–Crippen LogP) is 2.75. The average molecular weight is 244 g/mol. The molecule has 1 aromatic rings. The van der Waals surface area contributed by atoms with Crippen LogP contribution in [0.5, 0.6) is 0 Å². The summed E-state index contributed by atoms with van der Waals surface area (Å²) in [4.78, 5) is 10.7. The van der Waals surface area contributed by atoms with E-state index < -0.39 is 0 Å². The minimum atomic E-state index is 0.382.